The van der Waals surface area contributed by atoms with Gasteiger partial charge in [-0.25, -0.2) is 8.42 Å². The molecule has 0 aliphatic heterocycles. The van der Waals surface area contributed by atoms with Crippen molar-refractivity contribution in [3.05, 3.63) is 64.7 Å². The van der Waals surface area contributed by atoms with Crippen LogP contribution < -0.4 is 5.73 Å². The second kappa shape index (κ2) is 6.15. The average molecular weight is 366 g/mol. The van der Waals surface area contributed by atoms with Gasteiger partial charge < -0.3 is 10.5 Å². The van der Waals surface area contributed by atoms with Crippen LogP contribution in [0.2, 0.25) is 5.02 Å². The van der Waals surface area contributed by atoms with Crippen LogP contribution >= 0.6 is 11.6 Å². The molecule has 1 aliphatic carbocycles. The number of halogens is 1. The maximum atomic E-state index is 13.1. The first-order valence-electron chi connectivity index (χ1n) is 7.64. The normalized spacial score (nSPS) is 26.3. The molecule has 1 fully saturated rings. The predicted octanol–water partition coefficient (Wildman–Crippen LogP) is 2.93. The standard InChI is InChI=1S/C18H20ClNO3S/c1-12-6-8-15(9-7-12)24(21,22)17-16(18(17,20)11-23-2)13-4-3-5-14(19)10-13/h3-10,16-17H,11,20H2,1-2H3/t16-,17+,18-/m1/s1. The number of hydrogen-bond acceptors (Lipinski definition) is 4. The second-order valence-corrected chi connectivity index (χ2v) is 8.86. The monoisotopic (exact) mass is 365 g/mol. The fraction of sp³-hybridized carbons (Fsp3) is 0.333. The number of ether oxygens (including phenoxy) is 1. The van der Waals surface area contributed by atoms with Crippen LogP contribution in [0.5, 0.6) is 0 Å². The lowest BCUT2D eigenvalue weighted by atomic mass is 10.1. The highest BCUT2D eigenvalue weighted by molar-refractivity contribution is 7.92. The number of nitrogens with two attached hydrogens (primary N) is 1. The van der Waals surface area contributed by atoms with Gasteiger partial charge in [0.15, 0.2) is 9.84 Å². The Labute approximate surface area is 147 Å². The molecule has 2 aromatic carbocycles. The van der Waals surface area contributed by atoms with Crippen molar-refractivity contribution >= 4 is 21.4 Å². The van der Waals surface area contributed by atoms with E-state index in [0.29, 0.717) is 5.02 Å². The molecule has 2 aromatic rings. The second-order valence-electron chi connectivity index (χ2n) is 6.36. The summed E-state index contributed by atoms with van der Waals surface area (Å²) < 4.78 is 31.4. The van der Waals surface area contributed by atoms with Crippen molar-refractivity contribution in [2.75, 3.05) is 13.7 Å². The van der Waals surface area contributed by atoms with Gasteiger partial charge in [0.2, 0.25) is 0 Å². The molecular formula is C18H20ClNO3S. The van der Waals surface area contributed by atoms with E-state index in [0.717, 1.165) is 11.1 Å². The van der Waals surface area contributed by atoms with Gasteiger partial charge in [-0.15, -0.1) is 0 Å². The molecule has 2 N–H and O–H groups in total. The minimum Gasteiger partial charge on any atom is -0.383 e. The third kappa shape index (κ3) is 2.86. The largest absolute Gasteiger partial charge is 0.383 e. The molecule has 1 aliphatic rings. The van der Waals surface area contributed by atoms with Crippen molar-refractivity contribution in [1.29, 1.82) is 0 Å². The van der Waals surface area contributed by atoms with E-state index in [1.807, 2.05) is 13.0 Å². The number of hydrogen-bond donors (Lipinski definition) is 1. The lowest BCUT2D eigenvalue weighted by Gasteiger charge is -2.11. The fourth-order valence-electron chi connectivity index (χ4n) is 3.37. The summed E-state index contributed by atoms with van der Waals surface area (Å²) in [6.07, 6.45) is 0. The summed E-state index contributed by atoms with van der Waals surface area (Å²) in [5, 5.41) is -0.170. The quantitative estimate of drug-likeness (QED) is 0.884. The molecule has 0 bridgehead atoms. The SMILES string of the molecule is COC[C@@]1(N)[C@H](c2cccc(Cl)c2)[C@@H]1S(=O)(=O)c1ccc(C)cc1. The maximum Gasteiger partial charge on any atom is 0.183 e. The van der Waals surface area contributed by atoms with E-state index in [4.69, 9.17) is 22.1 Å². The molecule has 0 aromatic heterocycles. The molecule has 0 unspecified atom stereocenters. The van der Waals surface area contributed by atoms with E-state index >= 15 is 0 Å². The molecule has 0 heterocycles. The van der Waals surface area contributed by atoms with Crippen molar-refractivity contribution in [3.63, 3.8) is 0 Å². The van der Waals surface area contributed by atoms with Crippen LogP contribution in [0.15, 0.2) is 53.4 Å². The van der Waals surface area contributed by atoms with Gasteiger partial charge in [0.25, 0.3) is 0 Å². The van der Waals surface area contributed by atoms with Crippen LogP contribution in [0.4, 0.5) is 0 Å². The Bertz CT molecular complexity index is 851. The van der Waals surface area contributed by atoms with Crippen LogP contribution in [0.3, 0.4) is 0 Å². The number of aryl methyl sites for hydroxylation is 1. The first-order chi connectivity index (χ1) is 11.3. The lowest BCUT2D eigenvalue weighted by Crippen LogP contribution is -2.35. The fourth-order valence-corrected chi connectivity index (χ4v) is 5.86. The summed E-state index contributed by atoms with van der Waals surface area (Å²) in [4.78, 5) is 0.286. The summed E-state index contributed by atoms with van der Waals surface area (Å²) >= 11 is 6.06. The molecule has 1 saturated carbocycles. The highest BCUT2D eigenvalue weighted by Gasteiger charge is 2.69. The molecule has 24 heavy (non-hydrogen) atoms. The van der Waals surface area contributed by atoms with Crippen molar-refractivity contribution in [2.24, 2.45) is 5.73 Å². The van der Waals surface area contributed by atoms with Gasteiger partial charge >= 0.3 is 0 Å². The zero-order valence-corrected chi connectivity index (χ0v) is 15.1. The van der Waals surface area contributed by atoms with Gasteiger partial charge in [0.1, 0.15) is 0 Å². The highest BCUT2D eigenvalue weighted by Crippen LogP contribution is 2.56. The maximum absolute atomic E-state index is 13.1. The minimum absolute atomic E-state index is 0.167. The third-order valence-electron chi connectivity index (χ3n) is 4.59. The molecule has 6 heteroatoms. The van der Waals surface area contributed by atoms with Gasteiger partial charge in [-0.3, -0.25) is 0 Å². The van der Waals surface area contributed by atoms with Gasteiger partial charge in [0, 0.05) is 18.1 Å². The van der Waals surface area contributed by atoms with Gasteiger partial charge in [-0.1, -0.05) is 41.4 Å². The van der Waals surface area contributed by atoms with E-state index in [-0.39, 0.29) is 17.4 Å². The van der Waals surface area contributed by atoms with Crippen molar-refractivity contribution < 1.29 is 13.2 Å². The van der Waals surface area contributed by atoms with Crippen molar-refractivity contribution in [3.8, 4) is 0 Å². The predicted molar refractivity (Wildman–Crippen MR) is 95.1 cm³/mol. The lowest BCUT2D eigenvalue weighted by molar-refractivity contribution is 0.171. The summed E-state index contributed by atoms with van der Waals surface area (Å²) in [5.74, 6) is -0.345. The zero-order valence-electron chi connectivity index (χ0n) is 13.6. The smallest absolute Gasteiger partial charge is 0.183 e. The molecule has 4 nitrogen and oxygen atoms in total. The summed E-state index contributed by atoms with van der Waals surface area (Å²) in [5.41, 5.74) is 7.31. The third-order valence-corrected chi connectivity index (χ3v) is 7.13. The van der Waals surface area contributed by atoms with Crippen molar-refractivity contribution in [1.82, 2.24) is 0 Å². The number of benzene rings is 2. The average Bonchev–Trinajstić information content (AvgIpc) is 3.14. The molecular weight excluding hydrogens is 346 g/mol. The Morgan fingerprint density at radius 2 is 1.88 bits per heavy atom. The number of methoxy groups -OCH3 is 1. The Kier molecular flexibility index (Phi) is 4.47. The van der Waals surface area contributed by atoms with E-state index < -0.39 is 20.6 Å². The van der Waals surface area contributed by atoms with Crippen LogP contribution in [-0.2, 0) is 14.6 Å². The zero-order chi connectivity index (χ0) is 17.5. The molecule has 128 valence electrons. The van der Waals surface area contributed by atoms with Crippen molar-refractivity contribution in [2.45, 2.75) is 28.5 Å². The van der Waals surface area contributed by atoms with Crippen LogP contribution in [0.25, 0.3) is 0 Å². The van der Waals surface area contributed by atoms with E-state index in [1.54, 1.807) is 42.5 Å². The van der Waals surface area contributed by atoms with Gasteiger partial charge in [-0.05, 0) is 36.8 Å². The van der Waals surface area contributed by atoms with Crippen LogP contribution in [-0.4, -0.2) is 32.9 Å². The first-order valence-corrected chi connectivity index (χ1v) is 9.57. The summed E-state index contributed by atoms with van der Waals surface area (Å²) in [6, 6.07) is 14.0. The summed E-state index contributed by atoms with van der Waals surface area (Å²) in [6.45, 7) is 2.08. The number of sulfone groups is 1. The van der Waals surface area contributed by atoms with Gasteiger partial charge in [-0.2, -0.15) is 0 Å². The van der Waals surface area contributed by atoms with E-state index in [9.17, 15) is 8.42 Å². The molecule has 3 atom stereocenters. The minimum atomic E-state index is -3.57. The number of rotatable bonds is 5. The Hall–Kier alpha value is -1.40. The topological polar surface area (TPSA) is 69.4 Å². The van der Waals surface area contributed by atoms with E-state index in [2.05, 4.69) is 0 Å². The molecule has 0 saturated heterocycles. The molecule has 0 amide bonds. The molecule has 3 rings (SSSR count). The van der Waals surface area contributed by atoms with Crippen LogP contribution in [0.1, 0.15) is 17.0 Å². The molecule has 0 radical (unpaired) electrons. The Balaban J connectivity index is 2.03. The Morgan fingerprint density at radius 1 is 1.21 bits per heavy atom. The Morgan fingerprint density at radius 3 is 2.46 bits per heavy atom. The van der Waals surface area contributed by atoms with Gasteiger partial charge in [0.05, 0.1) is 22.3 Å². The summed E-state index contributed by atoms with van der Waals surface area (Å²) in [7, 11) is -2.05. The first kappa shape index (κ1) is 17.4. The van der Waals surface area contributed by atoms with Crippen LogP contribution in [0, 0.1) is 6.92 Å². The molecule has 0 spiro atoms. The highest BCUT2D eigenvalue weighted by atomic mass is 35.5. The van der Waals surface area contributed by atoms with E-state index in [1.165, 1.54) is 7.11 Å².